The van der Waals surface area contributed by atoms with E-state index in [1.807, 2.05) is 18.2 Å². The fourth-order valence-corrected chi connectivity index (χ4v) is 4.80. The first-order valence-corrected chi connectivity index (χ1v) is 10.5. The van der Waals surface area contributed by atoms with Crippen molar-refractivity contribution in [2.75, 3.05) is 25.7 Å². The Bertz CT molecular complexity index is 1200. The molecule has 0 aliphatic carbocycles. The molecule has 160 valence electrons. The standard InChI is InChI=1S/C23H22ClN3O4/c1-30-14-4-6-19(21(10-14)31-2)27-22(28)11-20(23(27)29)26-8-7-15-16-9-13(24)3-5-17(16)25-18(15)12-26/h3-6,9-10,20,25H,7-8,11-12H2,1-2H3. The highest BCUT2D eigenvalue weighted by Gasteiger charge is 2.44. The summed E-state index contributed by atoms with van der Waals surface area (Å²) in [7, 11) is 3.06. The van der Waals surface area contributed by atoms with E-state index in [0.717, 1.165) is 23.0 Å². The molecule has 2 aliphatic heterocycles. The Balaban J connectivity index is 1.42. The number of fused-ring (bicyclic) bond motifs is 3. The second-order valence-corrected chi connectivity index (χ2v) is 8.25. The van der Waals surface area contributed by atoms with Crippen molar-refractivity contribution in [2.24, 2.45) is 0 Å². The van der Waals surface area contributed by atoms with E-state index in [4.69, 9.17) is 21.1 Å². The largest absolute Gasteiger partial charge is 0.497 e. The minimum Gasteiger partial charge on any atom is -0.497 e. The van der Waals surface area contributed by atoms with Gasteiger partial charge in [0.2, 0.25) is 5.91 Å². The van der Waals surface area contributed by atoms with Gasteiger partial charge in [-0.05, 0) is 42.3 Å². The predicted octanol–water partition coefficient (Wildman–Crippen LogP) is 3.53. The lowest BCUT2D eigenvalue weighted by Crippen LogP contribution is -2.44. The number of benzene rings is 2. The van der Waals surface area contributed by atoms with Crippen molar-refractivity contribution in [2.45, 2.75) is 25.4 Å². The van der Waals surface area contributed by atoms with Crippen LogP contribution < -0.4 is 14.4 Å². The quantitative estimate of drug-likeness (QED) is 0.629. The molecule has 3 heterocycles. The topological polar surface area (TPSA) is 74.9 Å². The highest BCUT2D eigenvalue weighted by Crippen LogP contribution is 2.37. The molecule has 8 heteroatoms. The van der Waals surface area contributed by atoms with Crippen molar-refractivity contribution in [3.05, 3.63) is 52.7 Å². The van der Waals surface area contributed by atoms with Crippen LogP contribution in [0.15, 0.2) is 36.4 Å². The number of hydrogen-bond donors (Lipinski definition) is 1. The Labute approximate surface area is 184 Å². The average molecular weight is 440 g/mol. The van der Waals surface area contributed by atoms with Gasteiger partial charge < -0.3 is 14.5 Å². The molecule has 0 radical (unpaired) electrons. The third-order valence-electron chi connectivity index (χ3n) is 6.16. The lowest BCUT2D eigenvalue weighted by molar-refractivity contribution is -0.123. The molecule has 1 saturated heterocycles. The van der Waals surface area contributed by atoms with E-state index in [0.29, 0.717) is 35.3 Å². The van der Waals surface area contributed by atoms with Crippen molar-refractivity contribution >= 4 is 40.0 Å². The predicted molar refractivity (Wildman–Crippen MR) is 118 cm³/mol. The van der Waals surface area contributed by atoms with E-state index in [2.05, 4.69) is 9.88 Å². The van der Waals surface area contributed by atoms with E-state index in [-0.39, 0.29) is 18.2 Å². The zero-order valence-corrected chi connectivity index (χ0v) is 18.0. The number of amides is 2. The van der Waals surface area contributed by atoms with E-state index in [1.54, 1.807) is 25.3 Å². The molecule has 1 fully saturated rings. The number of H-pyrrole nitrogens is 1. The fourth-order valence-electron chi connectivity index (χ4n) is 4.62. The molecule has 31 heavy (non-hydrogen) atoms. The molecule has 0 saturated carbocycles. The number of anilines is 1. The maximum Gasteiger partial charge on any atom is 0.251 e. The van der Waals surface area contributed by atoms with Gasteiger partial charge in [-0.2, -0.15) is 0 Å². The first-order chi connectivity index (χ1) is 15.0. The van der Waals surface area contributed by atoms with Gasteiger partial charge in [0, 0.05) is 40.8 Å². The van der Waals surface area contributed by atoms with Crippen molar-refractivity contribution < 1.29 is 19.1 Å². The average Bonchev–Trinajstić information content (AvgIpc) is 3.28. The molecule has 1 N–H and O–H groups in total. The molecule has 1 atom stereocenters. The fraction of sp³-hybridized carbons (Fsp3) is 0.304. The molecule has 7 nitrogen and oxygen atoms in total. The maximum absolute atomic E-state index is 13.3. The van der Waals surface area contributed by atoms with Crippen LogP contribution in [-0.2, 0) is 22.6 Å². The van der Waals surface area contributed by atoms with Gasteiger partial charge in [0.1, 0.15) is 11.5 Å². The van der Waals surface area contributed by atoms with Crippen LogP contribution in [0.3, 0.4) is 0 Å². The smallest absolute Gasteiger partial charge is 0.251 e. The van der Waals surface area contributed by atoms with E-state index in [9.17, 15) is 9.59 Å². The summed E-state index contributed by atoms with van der Waals surface area (Å²) in [5.41, 5.74) is 3.79. The number of methoxy groups -OCH3 is 2. The number of aromatic nitrogens is 1. The number of nitrogens with zero attached hydrogens (tertiary/aromatic N) is 2. The van der Waals surface area contributed by atoms with Gasteiger partial charge in [0.05, 0.1) is 32.4 Å². The van der Waals surface area contributed by atoms with Gasteiger partial charge in [0.15, 0.2) is 0 Å². The molecule has 3 aromatic rings. The minimum atomic E-state index is -0.498. The Morgan fingerprint density at radius 3 is 2.71 bits per heavy atom. The summed E-state index contributed by atoms with van der Waals surface area (Å²) in [6.07, 6.45) is 0.939. The van der Waals surface area contributed by atoms with Gasteiger partial charge in [-0.25, -0.2) is 4.90 Å². The van der Waals surface area contributed by atoms with Crippen LogP contribution in [0.25, 0.3) is 10.9 Å². The summed E-state index contributed by atoms with van der Waals surface area (Å²) in [6, 6.07) is 10.4. The van der Waals surface area contributed by atoms with Crippen LogP contribution in [0.5, 0.6) is 11.5 Å². The van der Waals surface area contributed by atoms with E-state index in [1.165, 1.54) is 17.6 Å². The summed E-state index contributed by atoms with van der Waals surface area (Å²) in [5, 5.41) is 1.83. The second-order valence-electron chi connectivity index (χ2n) is 7.82. The number of carbonyl (C=O) groups is 2. The van der Waals surface area contributed by atoms with Gasteiger partial charge in [-0.3, -0.25) is 14.5 Å². The van der Waals surface area contributed by atoms with Gasteiger partial charge >= 0.3 is 0 Å². The number of carbonyl (C=O) groups excluding carboxylic acids is 2. The first-order valence-electron chi connectivity index (χ1n) is 10.1. The van der Waals surface area contributed by atoms with Crippen molar-refractivity contribution in [3.63, 3.8) is 0 Å². The summed E-state index contributed by atoms with van der Waals surface area (Å²) in [5.74, 6) is 0.567. The lowest BCUT2D eigenvalue weighted by Gasteiger charge is -2.31. The Morgan fingerprint density at radius 1 is 1.10 bits per heavy atom. The first kappa shape index (κ1) is 19.9. The van der Waals surface area contributed by atoms with Crippen LogP contribution in [0.4, 0.5) is 5.69 Å². The Morgan fingerprint density at radius 2 is 1.94 bits per heavy atom. The monoisotopic (exact) mass is 439 g/mol. The molecule has 5 rings (SSSR count). The molecular formula is C23H22ClN3O4. The molecule has 1 aromatic heterocycles. The third-order valence-corrected chi connectivity index (χ3v) is 6.39. The minimum absolute atomic E-state index is 0.148. The van der Waals surface area contributed by atoms with Crippen LogP contribution in [0, 0.1) is 0 Å². The van der Waals surface area contributed by atoms with Crippen LogP contribution >= 0.6 is 11.6 Å². The van der Waals surface area contributed by atoms with Crippen molar-refractivity contribution in [1.82, 2.24) is 9.88 Å². The van der Waals surface area contributed by atoms with Gasteiger partial charge in [-0.1, -0.05) is 11.6 Å². The number of rotatable bonds is 4. The summed E-state index contributed by atoms with van der Waals surface area (Å²) < 4.78 is 10.6. The van der Waals surface area contributed by atoms with Gasteiger partial charge in [0.25, 0.3) is 5.91 Å². The Hall–Kier alpha value is -3.03. The van der Waals surface area contributed by atoms with Crippen molar-refractivity contribution in [3.8, 4) is 11.5 Å². The molecular weight excluding hydrogens is 418 g/mol. The molecule has 1 unspecified atom stereocenters. The molecule has 2 aromatic carbocycles. The van der Waals surface area contributed by atoms with Crippen LogP contribution in [0.2, 0.25) is 5.02 Å². The molecule has 2 amide bonds. The maximum atomic E-state index is 13.3. The van der Waals surface area contributed by atoms with Crippen molar-refractivity contribution in [1.29, 1.82) is 0 Å². The molecule has 0 bridgehead atoms. The highest BCUT2D eigenvalue weighted by atomic mass is 35.5. The van der Waals surface area contributed by atoms with Gasteiger partial charge in [-0.15, -0.1) is 0 Å². The van der Waals surface area contributed by atoms with Crippen LogP contribution in [0.1, 0.15) is 17.7 Å². The normalized spacial score (nSPS) is 19.2. The Kier molecular flexibility index (Phi) is 4.87. The van der Waals surface area contributed by atoms with E-state index >= 15 is 0 Å². The van der Waals surface area contributed by atoms with E-state index < -0.39 is 6.04 Å². The summed E-state index contributed by atoms with van der Waals surface area (Å²) in [6.45, 7) is 1.28. The number of aromatic amines is 1. The number of halogens is 1. The third kappa shape index (κ3) is 3.25. The van der Waals surface area contributed by atoms with Crippen LogP contribution in [-0.4, -0.2) is 48.5 Å². The number of nitrogens with one attached hydrogen (secondary N) is 1. The summed E-state index contributed by atoms with van der Waals surface area (Å²) >= 11 is 6.17. The number of hydrogen-bond acceptors (Lipinski definition) is 5. The zero-order chi connectivity index (χ0) is 21.7. The molecule has 2 aliphatic rings. The molecule has 0 spiro atoms. The zero-order valence-electron chi connectivity index (χ0n) is 17.3. The SMILES string of the molecule is COc1ccc(N2C(=O)CC(N3CCc4c([nH]c5ccc(Cl)cc45)C3)C2=O)c(OC)c1. The number of ether oxygens (including phenoxy) is 2. The summed E-state index contributed by atoms with van der Waals surface area (Å²) in [4.78, 5) is 32.9. The number of imide groups is 1. The second kappa shape index (κ2) is 7.59. The lowest BCUT2D eigenvalue weighted by atomic mass is 10.0. The highest BCUT2D eigenvalue weighted by molar-refractivity contribution is 6.31.